The molecule has 1 aliphatic heterocycles. The van der Waals surface area contributed by atoms with Crippen LogP contribution in [0.4, 0.5) is 0 Å². The molecule has 0 atom stereocenters. The van der Waals surface area contributed by atoms with E-state index in [1.165, 1.54) is 27.7 Å². The molecular weight excluding hydrogens is 307 g/mol. The minimum atomic E-state index is -0.354. The van der Waals surface area contributed by atoms with E-state index in [1.54, 1.807) is 0 Å². The molecule has 0 amide bonds. The molecule has 1 heterocycles. The topological polar surface area (TPSA) is 18.5 Å². The maximum atomic E-state index is 6.23. The highest BCUT2D eigenvalue weighted by atomic mass is 16.6. The van der Waals surface area contributed by atoms with Gasteiger partial charge in [-0.3, -0.25) is 0 Å². The van der Waals surface area contributed by atoms with Crippen molar-refractivity contribution in [1.29, 1.82) is 0 Å². The molecule has 2 nitrogen and oxygen atoms in total. The molecule has 0 saturated heterocycles. The highest BCUT2D eigenvalue weighted by molar-refractivity contribution is 6.64. The van der Waals surface area contributed by atoms with Gasteiger partial charge in [-0.1, -0.05) is 59.7 Å². The summed E-state index contributed by atoms with van der Waals surface area (Å²) in [5.41, 5.74) is 6.46. The highest BCUT2D eigenvalue weighted by Gasteiger charge is 2.39. The van der Waals surface area contributed by atoms with E-state index in [-0.39, 0.29) is 7.12 Å². The lowest BCUT2D eigenvalue weighted by molar-refractivity contribution is 0.516. The van der Waals surface area contributed by atoms with Crippen molar-refractivity contribution in [3.05, 3.63) is 52.6 Å². The summed E-state index contributed by atoms with van der Waals surface area (Å²) in [4.78, 5) is 0. The number of aryl methyl sites for hydroxylation is 1. The molecule has 2 aromatic carbocycles. The third kappa shape index (κ3) is 3.42. The number of fused-ring (bicyclic) bond motifs is 1. The summed E-state index contributed by atoms with van der Waals surface area (Å²) in [6.07, 6.45) is 0. The second kappa shape index (κ2) is 6.78. The van der Waals surface area contributed by atoms with Gasteiger partial charge in [-0.2, -0.15) is 0 Å². The normalized spacial score (nSPS) is 13.4. The van der Waals surface area contributed by atoms with Crippen LogP contribution in [-0.2, 0) is 0 Å². The number of rotatable bonds is 4. The zero-order valence-corrected chi connectivity index (χ0v) is 16.5. The minimum absolute atomic E-state index is 0.354. The van der Waals surface area contributed by atoms with Gasteiger partial charge in [0, 0.05) is 5.46 Å². The van der Waals surface area contributed by atoms with E-state index < -0.39 is 0 Å². The van der Waals surface area contributed by atoms with Crippen LogP contribution in [0.3, 0.4) is 0 Å². The zero-order chi connectivity index (χ0) is 18.3. The Balaban J connectivity index is 2.12. The molecule has 0 fully saturated rings. The molecule has 0 saturated carbocycles. The first-order chi connectivity index (χ1) is 11.8. The van der Waals surface area contributed by atoms with Crippen LogP contribution in [0.1, 0.15) is 81.5 Å². The Morgan fingerprint density at radius 1 is 0.720 bits per heavy atom. The van der Waals surface area contributed by atoms with E-state index >= 15 is 0 Å². The lowest BCUT2D eigenvalue weighted by atomic mass is 9.68. The van der Waals surface area contributed by atoms with Crippen LogP contribution in [0.25, 0.3) is 0 Å². The van der Waals surface area contributed by atoms with Crippen LogP contribution in [-0.4, -0.2) is 7.12 Å². The van der Waals surface area contributed by atoms with Gasteiger partial charge in [0.15, 0.2) is 0 Å². The maximum Gasteiger partial charge on any atom is 0.633 e. The Kier molecular flexibility index (Phi) is 4.86. The predicted molar refractivity (Wildman–Crippen MR) is 107 cm³/mol. The molecule has 0 N–H and O–H groups in total. The van der Waals surface area contributed by atoms with E-state index in [0.29, 0.717) is 17.8 Å². The Hall–Kier alpha value is -1.90. The van der Waals surface area contributed by atoms with Crippen molar-refractivity contribution >= 4 is 12.6 Å². The molecule has 1 aliphatic rings. The average Bonchev–Trinajstić information content (AvgIpc) is 2.95. The van der Waals surface area contributed by atoms with E-state index in [2.05, 4.69) is 72.7 Å². The summed E-state index contributed by atoms with van der Waals surface area (Å²) in [5, 5.41) is 0. The third-order valence-corrected chi connectivity index (χ3v) is 4.98. The molecule has 0 unspecified atom stereocenters. The minimum Gasteiger partial charge on any atom is -0.519 e. The summed E-state index contributed by atoms with van der Waals surface area (Å²) in [7, 11) is -0.354. The summed E-state index contributed by atoms with van der Waals surface area (Å²) in [6, 6.07) is 10.8. The van der Waals surface area contributed by atoms with Gasteiger partial charge in [0.05, 0.1) is 0 Å². The standard InChI is InChI=1S/C22H29BO2/c1-13(2)17-11-18(14(3)4)22(19(12-17)15(5)6)23-24-20-9-8-16(7)10-21(20)25-23/h8-15H,1-7H3. The first-order valence-corrected chi connectivity index (χ1v) is 9.39. The van der Waals surface area contributed by atoms with Gasteiger partial charge >= 0.3 is 7.12 Å². The predicted octanol–water partition coefficient (Wildman–Crippen LogP) is 5.53. The van der Waals surface area contributed by atoms with Gasteiger partial charge in [-0.05, 0) is 59.1 Å². The molecule has 0 radical (unpaired) electrons. The second-order valence-electron chi connectivity index (χ2n) is 8.09. The molecule has 132 valence electrons. The molecule has 2 aromatic rings. The van der Waals surface area contributed by atoms with Crippen LogP contribution in [0.15, 0.2) is 30.3 Å². The first kappa shape index (κ1) is 17.9. The largest absolute Gasteiger partial charge is 0.633 e. The Morgan fingerprint density at radius 2 is 1.28 bits per heavy atom. The van der Waals surface area contributed by atoms with Crippen LogP contribution >= 0.6 is 0 Å². The van der Waals surface area contributed by atoms with Crippen molar-refractivity contribution in [3.63, 3.8) is 0 Å². The number of hydrogen-bond donors (Lipinski definition) is 0. The molecule has 0 bridgehead atoms. The molecule has 3 heteroatoms. The Morgan fingerprint density at radius 3 is 1.80 bits per heavy atom. The van der Waals surface area contributed by atoms with E-state index in [0.717, 1.165) is 11.5 Å². The van der Waals surface area contributed by atoms with Gasteiger partial charge in [-0.25, -0.2) is 0 Å². The third-order valence-electron chi connectivity index (χ3n) is 4.98. The molecule has 3 rings (SSSR count). The fourth-order valence-corrected chi connectivity index (χ4v) is 3.46. The number of hydrogen-bond acceptors (Lipinski definition) is 2. The lowest BCUT2D eigenvalue weighted by Crippen LogP contribution is -2.44. The van der Waals surface area contributed by atoms with Crippen molar-refractivity contribution < 1.29 is 9.31 Å². The SMILES string of the molecule is Cc1ccc2c(c1)OB(c1c(C(C)C)cc(C(C)C)cc1C(C)C)O2. The van der Waals surface area contributed by atoms with E-state index in [1.807, 2.05) is 6.07 Å². The molecule has 0 aromatic heterocycles. The van der Waals surface area contributed by atoms with Gasteiger partial charge in [0.25, 0.3) is 0 Å². The first-order valence-electron chi connectivity index (χ1n) is 9.39. The van der Waals surface area contributed by atoms with Crippen molar-refractivity contribution in [1.82, 2.24) is 0 Å². The van der Waals surface area contributed by atoms with Gasteiger partial charge in [0.1, 0.15) is 11.5 Å². The average molecular weight is 336 g/mol. The molecule has 0 aliphatic carbocycles. The van der Waals surface area contributed by atoms with E-state index in [4.69, 9.17) is 9.31 Å². The second-order valence-corrected chi connectivity index (χ2v) is 8.09. The number of benzene rings is 2. The quantitative estimate of drug-likeness (QED) is 0.683. The van der Waals surface area contributed by atoms with Crippen LogP contribution in [0.2, 0.25) is 0 Å². The van der Waals surface area contributed by atoms with Gasteiger partial charge < -0.3 is 9.31 Å². The van der Waals surface area contributed by atoms with Crippen molar-refractivity contribution in [3.8, 4) is 11.5 Å². The summed E-state index contributed by atoms with van der Waals surface area (Å²) < 4.78 is 12.4. The van der Waals surface area contributed by atoms with E-state index in [9.17, 15) is 0 Å². The zero-order valence-electron chi connectivity index (χ0n) is 16.5. The fraction of sp³-hybridized carbons (Fsp3) is 0.455. The van der Waals surface area contributed by atoms with Crippen molar-refractivity contribution in [2.75, 3.05) is 0 Å². The van der Waals surface area contributed by atoms with Gasteiger partial charge in [0.2, 0.25) is 0 Å². The van der Waals surface area contributed by atoms with Crippen LogP contribution < -0.4 is 14.8 Å². The summed E-state index contributed by atoms with van der Waals surface area (Å²) in [5.74, 6) is 3.04. The lowest BCUT2D eigenvalue weighted by Gasteiger charge is -2.23. The summed E-state index contributed by atoms with van der Waals surface area (Å²) >= 11 is 0. The van der Waals surface area contributed by atoms with Crippen LogP contribution in [0, 0.1) is 6.92 Å². The fourth-order valence-electron chi connectivity index (χ4n) is 3.46. The Labute approximate surface area is 152 Å². The highest BCUT2D eigenvalue weighted by Crippen LogP contribution is 2.36. The summed E-state index contributed by atoms with van der Waals surface area (Å²) in [6.45, 7) is 15.6. The molecular formula is C22H29BO2. The van der Waals surface area contributed by atoms with Gasteiger partial charge in [-0.15, -0.1) is 0 Å². The van der Waals surface area contributed by atoms with Crippen molar-refractivity contribution in [2.45, 2.75) is 66.2 Å². The monoisotopic (exact) mass is 336 g/mol. The van der Waals surface area contributed by atoms with Crippen LogP contribution in [0.5, 0.6) is 11.5 Å². The smallest absolute Gasteiger partial charge is 0.519 e. The Bertz CT molecular complexity index is 749. The molecule has 25 heavy (non-hydrogen) atoms. The molecule has 0 spiro atoms. The maximum absolute atomic E-state index is 6.23. The van der Waals surface area contributed by atoms with Crippen molar-refractivity contribution in [2.24, 2.45) is 0 Å².